The van der Waals surface area contributed by atoms with Crippen molar-refractivity contribution in [3.63, 3.8) is 0 Å². The number of aryl methyl sites for hydroxylation is 2. The second kappa shape index (κ2) is 4.37. The van der Waals surface area contributed by atoms with Gasteiger partial charge < -0.3 is 4.74 Å². The van der Waals surface area contributed by atoms with E-state index in [2.05, 4.69) is 11.6 Å². The molecule has 0 aliphatic heterocycles. The first-order valence-electron chi connectivity index (χ1n) is 4.32. The third-order valence-electron chi connectivity index (χ3n) is 1.71. The number of nitrogens with zero attached hydrogens (tertiary/aromatic N) is 1. The highest BCUT2D eigenvalue weighted by atomic mass is 32.1. The second-order valence-electron chi connectivity index (χ2n) is 2.99. The molecular weight excluding hydrogens is 198 g/mol. The van der Waals surface area contributed by atoms with Gasteiger partial charge in [-0.25, -0.2) is 9.78 Å². The number of carbonyl (C=O) groups is 1. The van der Waals surface area contributed by atoms with Gasteiger partial charge in [0.1, 0.15) is 11.0 Å². The molecule has 1 heterocycles. The van der Waals surface area contributed by atoms with Crippen LogP contribution in [0.25, 0.3) is 0 Å². The Morgan fingerprint density at radius 2 is 2.29 bits per heavy atom. The van der Waals surface area contributed by atoms with Gasteiger partial charge in [0, 0.05) is 0 Å². The Hall–Kier alpha value is -1.16. The second-order valence-corrected chi connectivity index (χ2v) is 4.20. The molecule has 1 aromatic heterocycles. The fraction of sp³-hybridized carbons (Fsp3) is 0.400. The Kier molecular flexibility index (Phi) is 3.41. The molecule has 0 spiro atoms. The topological polar surface area (TPSA) is 39.2 Å². The fourth-order valence-corrected chi connectivity index (χ4v) is 1.79. The maximum Gasteiger partial charge on any atom is 0.350 e. The quantitative estimate of drug-likeness (QED) is 0.569. The number of esters is 1. The summed E-state index contributed by atoms with van der Waals surface area (Å²) in [6.07, 6.45) is 1.32. The van der Waals surface area contributed by atoms with Gasteiger partial charge in [0.05, 0.1) is 10.7 Å². The third-order valence-corrected chi connectivity index (χ3v) is 2.77. The summed E-state index contributed by atoms with van der Waals surface area (Å²) < 4.78 is 5.09. The zero-order valence-corrected chi connectivity index (χ0v) is 9.35. The van der Waals surface area contributed by atoms with Gasteiger partial charge in [-0.15, -0.1) is 11.3 Å². The van der Waals surface area contributed by atoms with Crippen LogP contribution in [0.3, 0.4) is 0 Å². The molecule has 0 N–H and O–H groups in total. The van der Waals surface area contributed by atoms with E-state index < -0.39 is 0 Å². The molecule has 0 bridgehead atoms. The zero-order valence-electron chi connectivity index (χ0n) is 8.53. The van der Waals surface area contributed by atoms with Gasteiger partial charge >= 0.3 is 5.97 Å². The summed E-state index contributed by atoms with van der Waals surface area (Å²) >= 11 is 1.35. The van der Waals surface area contributed by atoms with Crippen molar-refractivity contribution in [2.24, 2.45) is 0 Å². The van der Waals surface area contributed by atoms with Crippen molar-refractivity contribution in [2.75, 3.05) is 0 Å². The van der Waals surface area contributed by atoms with Crippen LogP contribution in [0.4, 0.5) is 0 Å². The molecule has 76 valence electrons. The SMILES string of the molecule is C=C[C@@H](C)OC(=O)c1sc(C)nc1C. The molecule has 0 saturated carbocycles. The molecule has 1 rings (SSSR count). The molecule has 1 atom stereocenters. The van der Waals surface area contributed by atoms with Crippen LogP contribution in [-0.4, -0.2) is 17.1 Å². The number of hydrogen-bond acceptors (Lipinski definition) is 4. The fourth-order valence-electron chi connectivity index (χ4n) is 0.991. The van der Waals surface area contributed by atoms with Gasteiger partial charge in [0.2, 0.25) is 0 Å². The van der Waals surface area contributed by atoms with Gasteiger partial charge in [0.15, 0.2) is 0 Å². The molecule has 3 nitrogen and oxygen atoms in total. The number of carbonyl (C=O) groups excluding carboxylic acids is 1. The summed E-state index contributed by atoms with van der Waals surface area (Å²) in [6, 6.07) is 0. The molecule has 0 aliphatic carbocycles. The van der Waals surface area contributed by atoms with E-state index in [1.807, 2.05) is 6.92 Å². The predicted octanol–water partition coefficient (Wildman–Crippen LogP) is 2.49. The first kappa shape index (κ1) is 10.9. The number of ether oxygens (including phenoxy) is 1. The van der Waals surface area contributed by atoms with Crippen LogP contribution >= 0.6 is 11.3 Å². The molecule has 0 radical (unpaired) electrons. The monoisotopic (exact) mass is 211 g/mol. The Bertz CT molecular complexity index is 357. The number of rotatable bonds is 3. The highest BCUT2D eigenvalue weighted by Gasteiger charge is 2.16. The highest BCUT2D eigenvalue weighted by Crippen LogP contribution is 2.18. The van der Waals surface area contributed by atoms with E-state index in [-0.39, 0.29) is 12.1 Å². The van der Waals surface area contributed by atoms with Gasteiger partial charge in [-0.05, 0) is 20.8 Å². The minimum Gasteiger partial charge on any atom is -0.454 e. The summed E-state index contributed by atoms with van der Waals surface area (Å²) in [5.41, 5.74) is 0.730. The van der Waals surface area contributed by atoms with E-state index >= 15 is 0 Å². The summed E-state index contributed by atoms with van der Waals surface area (Å²) in [6.45, 7) is 8.99. The maximum absolute atomic E-state index is 11.5. The van der Waals surface area contributed by atoms with Crippen molar-refractivity contribution in [2.45, 2.75) is 26.9 Å². The lowest BCUT2D eigenvalue weighted by atomic mass is 10.4. The van der Waals surface area contributed by atoms with E-state index in [0.717, 1.165) is 10.7 Å². The first-order valence-corrected chi connectivity index (χ1v) is 5.13. The Morgan fingerprint density at radius 1 is 1.64 bits per heavy atom. The van der Waals surface area contributed by atoms with Crippen LogP contribution in [0.1, 0.15) is 27.3 Å². The van der Waals surface area contributed by atoms with Crippen LogP contribution < -0.4 is 0 Å². The van der Waals surface area contributed by atoms with Crippen molar-refractivity contribution in [1.82, 2.24) is 4.98 Å². The van der Waals surface area contributed by atoms with Crippen molar-refractivity contribution >= 4 is 17.3 Å². The number of thiazole rings is 1. The molecule has 0 saturated heterocycles. The number of hydrogen-bond donors (Lipinski definition) is 0. The van der Waals surface area contributed by atoms with Crippen molar-refractivity contribution in [3.8, 4) is 0 Å². The lowest BCUT2D eigenvalue weighted by Crippen LogP contribution is -2.12. The lowest BCUT2D eigenvalue weighted by Gasteiger charge is -2.06. The maximum atomic E-state index is 11.5. The van der Waals surface area contributed by atoms with Crippen LogP contribution in [0, 0.1) is 13.8 Å². The largest absolute Gasteiger partial charge is 0.454 e. The molecule has 1 aromatic rings. The summed E-state index contributed by atoms with van der Waals surface area (Å²) in [4.78, 5) is 16.3. The summed E-state index contributed by atoms with van der Waals surface area (Å²) in [5.74, 6) is -0.319. The zero-order chi connectivity index (χ0) is 10.7. The smallest absolute Gasteiger partial charge is 0.350 e. The van der Waals surface area contributed by atoms with Gasteiger partial charge in [-0.2, -0.15) is 0 Å². The van der Waals surface area contributed by atoms with Crippen molar-refractivity contribution in [1.29, 1.82) is 0 Å². The lowest BCUT2D eigenvalue weighted by molar-refractivity contribution is 0.0430. The standard InChI is InChI=1S/C10H13NO2S/c1-5-6(2)13-10(12)9-7(3)11-8(4)14-9/h5-6H,1H2,2-4H3/t6-/m1/s1. The molecular formula is C10H13NO2S. The minimum atomic E-state index is -0.319. The van der Waals surface area contributed by atoms with Crippen molar-refractivity contribution < 1.29 is 9.53 Å². The Balaban J connectivity index is 2.79. The summed E-state index contributed by atoms with van der Waals surface area (Å²) in [5, 5.41) is 0.876. The Labute approximate surface area is 87.4 Å². The number of aromatic nitrogens is 1. The van der Waals surface area contributed by atoms with E-state index in [4.69, 9.17) is 4.74 Å². The van der Waals surface area contributed by atoms with Crippen LogP contribution in [0.2, 0.25) is 0 Å². The average molecular weight is 211 g/mol. The van der Waals surface area contributed by atoms with E-state index in [1.54, 1.807) is 19.9 Å². The van der Waals surface area contributed by atoms with Gasteiger partial charge in [-0.1, -0.05) is 12.7 Å². The van der Waals surface area contributed by atoms with E-state index in [9.17, 15) is 4.79 Å². The first-order chi connectivity index (χ1) is 6.54. The molecule has 0 aromatic carbocycles. The third kappa shape index (κ3) is 2.42. The van der Waals surface area contributed by atoms with Gasteiger partial charge in [-0.3, -0.25) is 0 Å². The van der Waals surface area contributed by atoms with Crippen LogP contribution in [0.5, 0.6) is 0 Å². The van der Waals surface area contributed by atoms with Crippen molar-refractivity contribution in [3.05, 3.63) is 28.2 Å². The molecule has 0 fully saturated rings. The van der Waals surface area contributed by atoms with Gasteiger partial charge in [0.25, 0.3) is 0 Å². The molecule has 0 aliphatic rings. The average Bonchev–Trinajstić information content (AvgIpc) is 2.45. The summed E-state index contributed by atoms with van der Waals surface area (Å²) in [7, 11) is 0. The highest BCUT2D eigenvalue weighted by molar-refractivity contribution is 7.13. The van der Waals surface area contributed by atoms with Crippen LogP contribution in [-0.2, 0) is 4.74 Å². The molecule has 0 amide bonds. The molecule has 4 heteroatoms. The predicted molar refractivity (Wildman–Crippen MR) is 56.7 cm³/mol. The normalized spacial score (nSPS) is 12.2. The minimum absolute atomic E-state index is 0.260. The van der Waals surface area contributed by atoms with Crippen LogP contribution in [0.15, 0.2) is 12.7 Å². The molecule has 0 unspecified atom stereocenters. The molecule has 14 heavy (non-hydrogen) atoms. The Morgan fingerprint density at radius 3 is 2.71 bits per heavy atom. The van der Waals surface area contributed by atoms with E-state index in [1.165, 1.54) is 11.3 Å². The van der Waals surface area contributed by atoms with E-state index in [0.29, 0.717) is 4.88 Å².